The molecular weight excluding hydrogens is 725 g/mol. The predicted octanol–water partition coefficient (Wildman–Crippen LogP) is 9.22. The molecular formula is C47H78O10. The van der Waals surface area contributed by atoms with Gasteiger partial charge in [0.1, 0.15) is 31.0 Å². The van der Waals surface area contributed by atoms with E-state index in [9.17, 15) is 30.0 Å². The molecule has 1 aliphatic heterocycles. The van der Waals surface area contributed by atoms with Gasteiger partial charge in [-0.1, -0.05) is 138 Å². The van der Waals surface area contributed by atoms with Crippen LogP contribution < -0.4 is 0 Å². The smallest absolute Gasteiger partial charge is 0.306 e. The molecule has 1 rings (SSSR count). The number of aliphatic hydroxyl groups is 4. The summed E-state index contributed by atoms with van der Waals surface area (Å²) in [4.78, 5) is 25.3. The monoisotopic (exact) mass is 803 g/mol. The van der Waals surface area contributed by atoms with E-state index in [1.54, 1.807) is 0 Å². The second-order valence-electron chi connectivity index (χ2n) is 14.8. The van der Waals surface area contributed by atoms with Crippen LogP contribution in [0.5, 0.6) is 0 Å². The average molecular weight is 803 g/mol. The summed E-state index contributed by atoms with van der Waals surface area (Å²) in [7, 11) is 0. The highest BCUT2D eigenvalue weighted by atomic mass is 16.7. The van der Waals surface area contributed by atoms with Gasteiger partial charge < -0.3 is 39.4 Å². The molecule has 326 valence electrons. The van der Waals surface area contributed by atoms with Crippen LogP contribution in [0.2, 0.25) is 0 Å². The zero-order chi connectivity index (χ0) is 41.6. The lowest BCUT2D eigenvalue weighted by molar-refractivity contribution is -0.305. The Labute approximate surface area is 344 Å². The Bertz CT molecular complexity index is 1160. The van der Waals surface area contributed by atoms with Crippen LogP contribution in [0.15, 0.2) is 72.9 Å². The summed E-state index contributed by atoms with van der Waals surface area (Å²) in [6.45, 7) is 3.27. The molecule has 0 saturated carbocycles. The first kappa shape index (κ1) is 52.2. The third-order valence-electron chi connectivity index (χ3n) is 9.57. The number of ether oxygens (including phenoxy) is 4. The van der Waals surface area contributed by atoms with E-state index in [1.807, 2.05) is 0 Å². The van der Waals surface area contributed by atoms with Crippen LogP contribution >= 0.6 is 0 Å². The van der Waals surface area contributed by atoms with Crippen LogP contribution in [-0.2, 0) is 28.5 Å². The van der Waals surface area contributed by atoms with Gasteiger partial charge in [0.05, 0.1) is 13.2 Å². The van der Waals surface area contributed by atoms with Gasteiger partial charge in [0.15, 0.2) is 12.4 Å². The summed E-state index contributed by atoms with van der Waals surface area (Å²) in [6, 6.07) is 0. The van der Waals surface area contributed by atoms with Gasteiger partial charge in [-0.05, 0) is 77.0 Å². The Morgan fingerprint density at radius 3 is 1.67 bits per heavy atom. The number of aliphatic hydroxyl groups excluding tert-OH is 4. The summed E-state index contributed by atoms with van der Waals surface area (Å²) in [5, 5.41) is 40.0. The maximum absolute atomic E-state index is 12.8. The van der Waals surface area contributed by atoms with Gasteiger partial charge in [-0.3, -0.25) is 9.59 Å². The predicted molar refractivity (Wildman–Crippen MR) is 228 cm³/mol. The second-order valence-corrected chi connectivity index (χ2v) is 14.8. The fraction of sp³-hybridized carbons (Fsp3) is 0.702. The fourth-order valence-electron chi connectivity index (χ4n) is 6.05. The zero-order valence-corrected chi connectivity index (χ0v) is 35.3. The van der Waals surface area contributed by atoms with Crippen LogP contribution in [0.3, 0.4) is 0 Å². The van der Waals surface area contributed by atoms with E-state index < -0.39 is 55.4 Å². The van der Waals surface area contributed by atoms with Gasteiger partial charge in [0.25, 0.3) is 0 Å². The van der Waals surface area contributed by atoms with E-state index in [2.05, 4.69) is 86.8 Å². The molecule has 4 N–H and O–H groups in total. The average Bonchev–Trinajstić information content (AvgIpc) is 3.21. The lowest BCUT2D eigenvalue weighted by atomic mass is 9.99. The molecule has 0 aromatic carbocycles. The minimum Gasteiger partial charge on any atom is -0.462 e. The van der Waals surface area contributed by atoms with Crippen molar-refractivity contribution in [1.29, 1.82) is 0 Å². The highest BCUT2D eigenvalue weighted by Crippen LogP contribution is 2.22. The molecule has 10 nitrogen and oxygen atoms in total. The number of carbonyl (C=O) groups excluding carboxylic acids is 2. The Morgan fingerprint density at radius 2 is 1.07 bits per heavy atom. The van der Waals surface area contributed by atoms with Crippen LogP contribution in [-0.4, -0.2) is 89.0 Å². The molecule has 0 aromatic heterocycles. The van der Waals surface area contributed by atoms with Crippen molar-refractivity contribution in [2.45, 2.75) is 192 Å². The number of esters is 2. The summed E-state index contributed by atoms with van der Waals surface area (Å²) in [5.74, 6) is -0.868. The lowest BCUT2D eigenvalue weighted by Gasteiger charge is -2.39. The summed E-state index contributed by atoms with van der Waals surface area (Å²) in [5.41, 5.74) is 0. The van der Waals surface area contributed by atoms with E-state index in [0.717, 1.165) is 83.5 Å². The van der Waals surface area contributed by atoms with E-state index in [-0.39, 0.29) is 26.1 Å². The van der Waals surface area contributed by atoms with Crippen molar-refractivity contribution in [3.63, 3.8) is 0 Å². The van der Waals surface area contributed by atoms with Crippen LogP contribution in [0.25, 0.3) is 0 Å². The Balaban J connectivity index is 2.39. The number of hydrogen-bond acceptors (Lipinski definition) is 10. The zero-order valence-electron chi connectivity index (χ0n) is 35.3. The van der Waals surface area contributed by atoms with Crippen LogP contribution in [0, 0.1) is 0 Å². The van der Waals surface area contributed by atoms with E-state index in [0.29, 0.717) is 12.8 Å². The first-order valence-corrected chi connectivity index (χ1v) is 22.0. The minimum atomic E-state index is -1.61. The first-order chi connectivity index (χ1) is 27.8. The van der Waals surface area contributed by atoms with Gasteiger partial charge >= 0.3 is 11.9 Å². The second kappa shape index (κ2) is 37.4. The van der Waals surface area contributed by atoms with Crippen molar-refractivity contribution in [3.8, 4) is 0 Å². The van der Waals surface area contributed by atoms with Gasteiger partial charge in [-0.15, -0.1) is 0 Å². The summed E-state index contributed by atoms with van der Waals surface area (Å²) in [6.07, 6.45) is 39.0. The van der Waals surface area contributed by atoms with Crippen molar-refractivity contribution in [1.82, 2.24) is 0 Å². The molecule has 0 amide bonds. The summed E-state index contributed by atoms with van der Waals surface area (Å²) >= 11 is 0. The number of allylic oxidation sites excluding steroid dienone is 12. The minimum absolute atomic E-state index is 0.185. The van der Waals surface area contributed by atoms with Crippen LogP contribution in [0.4, 0.5) is 0 Å². The van der Waals surface area contributed by atoms with Crippen molar-refractivity contribution in [2.24, 2.45) is 0 Å². The lowest BCUT2D eigenvalue weighted by Crippen LogP contribution is -2.59. The molecule has 10 heteroatoms. The number of unbranched alkanes of at least 4 members (excludes halogenated alkanes) is 13. The SMILES string of the molecule is CCC/C=C/C/C=C/C/C=C/C/C=C/CCCCCC(=O)O[C@H](COC(=O)CCCCCCC/C=C/C=C/CCCCCC)CO[C@@H]1O[C@H](CO)[C@H](O)C(O)C1O. The number of rotatable bonds is 35. The number of carbonyl (C=O) groups is 2. The Kier molecular flexibility index (Phi) is 34.2. The van der Waals surface area contributed by atoms with Crippen LogP contribution in [0.1, 0.15) is 155 Å². The summed E-state index contributed by atoms with van der Waals surface area (Å²) < 4.78 is 22.1. The quantitative estimate of drug-likeness (QED) is 0.0211. The van der Waals surface area contributed by atoms with Gasteiger partial charge in [0.2, 0.25) is 0 Å². The van der Waals surface area contributed by atoms with Gasteiger partial charge in [-0.2, -0.15) is 0 Å². The molecule has 0 aromatic rings. The molecule has 1 fully saturated rings. The molecule has 1 saturated heterocycles. The molecule has 2 unspecified atom stereocenters. The molecule has 57 heavy (non-hydrogen) atoms. The number of hydrogen-bond donors (Lipinski definition) is 4. The first-order valence-electron chi connectivity index (χ1n) is 22.0. The largest absolute Gasteiger partial charge is 0.462 e. The molecule has 1 aliphatic rings. The van der Waals surface area contributed by atoms with Crippen molar-refractivity contribution in [2.75, 3.05) is 19.8 Å². The third-order valence-corrected chi connectivity index (χ3v) is 9.57. The highest BCUT2D eigenvalue weighted by Gasteiger charge is 2.44. The van der Waals surface area contributed by atoms with Gasteiger partial charge in [-0.25, -0.2) is 0 Å². The highest BCUT2D eigenvalue weighted by molar-refractivity contribution is 5.70. The van der Waals surface area contributed by atoms with E-state index in [4.69, 9.17) is 18.9 Å². The molecule has 0 radical (unpaired) electrons. The maximum Gasteiger partial charge on any atom is 0.306 e. The maximum atomic E-state index is 12.8. The Morgan fingerprint density at radius 1 is 0.561 bits per heavy atom. The Hall–Kier alpha value is -2.86. The van der Waals surface area contributed by atoms with Crippen molar-refractivity contribution >= 4 is 11.9 Å². The van der Waals surface area contributed by atoms with Crippen molar-refractivity contribution < 1.29 is 49.0 Å². The van der Waals surface area contributed by atoms with Gasteiger partial charge in [0, 0.05) is 12.8 Å². The fourth-order valence-corrected chi connectivity index (χ4v) is 6.05. The molecule has 0 bridgehead atoms. The van der Waals surface area contributed by atoms with E-state index >= 15 is 0 Å². The van der Waals surface area contributed by atoms with Crippen molar-refractivity contribution in [3.05, 3.63) is 72.9 Å². The molecule has 6 atom stereocenters. The normalized spacial score (nSPS) is 21.0. The van der Waals surface area contributed by atoms with E-state index in [1.165, 1.54) is 32.1 Å². The standard InChI is InChI=1S/C47H78O10/c1-3-5-7-9-11-13-15-17-19-20-22-24-26-28-30-32-34-36-43(50)56-40(39-55-47-46(53)45(52)44(51)41(37-48)57-47)38-54-42(49)35-33-31-29-27-25-23-21-18-16-14-12-10-8-6-4-2/h7,9,13-16,18-21,24,26,40-41,44-48,51-53H,3-6,8,10-12,17,22-23,25,27-39H2,1-2H3/b9-7+,15-13+,16-14+,20-19+,21-18+,26-24+/t40-,41-,44+,45?,46?,47-/m1/s1. The third kappa shape index (κ3) is 29.1. The topological polar surface area (TPSA) is 152 Å². The molecule has 0 aliphatic carbocycles. The molecule has 1 heterocycles. The molecule has 0 spiro atoms.